The van der Waals surface area contributed by atoms with E-state index in [9.17, 15) is 0 Å². The molecule has 0 saturated heterocycles. The van der Waals surface area contributed by atoms with Gasteiger partial charge in [-0.25, -0.2) is 9.97 Å². The predicted octanol–water partition coefficient (Wildman–Crippen LogP) is 4.10. The van der Waals surface area contributed by atoms with Crippen LogP contribution in [0.4, 0.5) is 5.82 Å². The number of nitrogens with one attached hydrogen (secondary N) is 1. The molecule has 1 aliphatic rings. The van der Waals surface area contributed by atoms with Crippen molar-refractivity contribution in [2.75, 3.05) is 18.5 Å². The summed E-state index contributed by atoms with van der Waals surface area (Å²) >= 11 is 2.40. The van der Waals surface area contributed by atoms with Gasteiger partial charge in [-0.3, -0.25) is 0 Å². The number of aromatic nitrogens is 2. The molecule has 0 amide bonds. The molecule has 1 aromatic heterocycles. The zero-order chi connectivity index (χ0) is 14.4. The summed E-state index contributed by atoms with van der Waals surface area (Å²) in [5, 5.41) is 3.43. The van der Waals surface area contributed by atoms with Crippen molar-refractivity contribution < 1.29 is 4.74 Å². The molecule has 1 fully saturated rings. The van der Waals surface area contributed by atoms with E-state index in [0.29, 0.717) is 19.1 Å². The van der Waals surface area contributed by atoms with E-state index in [2.05, 4.69) is 39.8 Å². The zero-order valence-corrected chi connectivity index (χ0v) is 14.6. The lowest BCUT2D eigenvalue weighted by Gasteiger charge is -2.16. The van der Waals surface area contributed by atoms with Crippen LogP contribution in [-0.2, 0) is 11.3 Å². The summed E-state index contributed by atoms with van der Waals surface area (Å²) in [5.41, 5.74) is 1.23. The van der Waals surface area contributed by atoms with Crippen LogP contribution in [0, 0.1) is 3.57 Å². The molecule has 112 valence electrons. The van der Waals surface area contributed by atoms with Crippen LogP contribution < -0.4 is 5.32 Å². The van der Waals surface area contributed by atoms with Crippen molar-refractivity contribution in [2.45, 2.75) is 58.5 Å². The first-order valence-corrected chi connectivity index (χ1v) is 8.72. The molecule has 1 N–H and O–H groups in total. The maximum absolute atomic E-state index is 5.48. The van der Waals surface area contributed by atoms with Crippen molar-refractivity contribution in [3.63, 3.8) is 0 Å². The maximum atomic E-state index is 5.48. The fraction of sp³-hybridized carbons (Fsp3) is 0.733. The molecule has 0 radical (unpaired) electrons. The molecule has 20 heavy (non-hydrogen) atoms. The summed E-state index contributed by atoms with van der Waals surface area (Å²) in [5.74, 6) is 2.40. The summed E-state index contributed by atoms with van der Waals surface area (Å²) in [6.07, 6.45) is 6.26. The second-order valence-corrected chi connectivity index (χ2v) is 6.31. The Morgan fingerprint density at radius 2 is 2.00 bits per heavy atom. The highest BCUT2D eigenvalue weighted by molar-refractivity contribution is 14.1. The molecule has 2 rings (SSSR count). The van der Waals surface area contributed by atoms with Gasteiger partial charge in [-0.05, 0) is 48.8 Å². The molecular formula is C15H24IN3O. The molecule has 0 unspecified atom stereocenters. The van der Waals surface area contributed by atoms with Crippen LogP contribution in [0.5, 0.6) is 0 Å². The van der Waals surface area contributed by atoms with Gasteiger partial charge < -0.3 is 10.1 Å². The third kappa shape index (κ3) is 4.04. The monoisotopic (exact) mass is 389 g/mol. The van der Waals surface area contributed by atoms with Gasteiger partial charge in [0.15, 0.2) is 5.82 Å². The number of anilines is 1. The minimum atomic E-state index is 0.508. The van der Waals surface area contributed by atoms with E-state index in [1.807, 2.05) is 6.92 Å². The lowest BCUT2D eigenvalue weighted by atomic mass is 10.0. The summed E-state index contributed by atoms with van der Waals surface area (Å²) in [7, 11) is 0. The molecule has 1 aromatic rings. The Morgan fingerprint density at radius 3 is 2.65 bits per heavy atom. The topological polar surface area (TPSA) is 47.0 Å². The molecule has 1 saturated carbocycles. The summed E-state index contributed by atoms with van der Waals surface area (Å²) in [6, 6.07) is 0. The van der Waals surface area contributed by atoms with E-state index < -0.39 is 0 Å². The van der Waals surface area contributed by atoms with Crippen molar-refractivity contribution in [3.05, 3.63) is 15.1 Å². The van der Waals surface area contributed by atoms with Crippen molar-refractivity contribution in [3.8, 4) is 0 Å². The largest absolute Gasteiger partial charge is 0.374 e. The van der Waals surface area contributed by atoms with E-state index in [0.717, 1.165) is 24.6 Å². The van der Waals surface area contributed by atoms with Crippen LogP contribution in [0.3, 0.4) is 0 Å². The van der Waals surface area contributed by atoms with Crippen LogP contribution in [0.1, 0.15) is 63.4 Å². The summed E-state index contributed by atoms with van der Waals surface area (Å²) in [4.78, 5) is 9.40. The Balaban J connectivity index is 2.26. The first kappa shape index (κ1) is 15.9. The average molecular weight is 389 g/mol. The lowest BCUT2D eigenvalue weighted by molar-refractivity contribution is 0.128. The highest BCUT2D eigenvalue weighted by atomic mass is 127. The van der Waals surface area contributed by atoms with Crippen LogP contribution in [0.25, 0.3) is 0 Å². The van der Waals surface area contributed by atoms with Gasteiger partial charge in [-0.15, -0.1) is 0 Å². The Labute approximate surface area is 135 Å². The van der Waals surface area contributed by atoms with Crippen LogP contribution in [0.15, 0.2) is 0 Å². The Bertz CT molecular complexity index is 433. The number of hydrogen-bond donors (Lipinski definition) is 1. The number of nitrogens with zero attached hydrogens (tertiary/aromatic N) is 2. The molecule has 5 heteroatoms. The van der Waals surface area contributed by atoms with E-state index in [-0.39, 0.29) is 0 Å². The Morgan fingerprint density at radius 1 is 1.25 bits per heavy atom. The van der Waals surface area contributed by atoms with Crippen LogP contribution in [-0.4, -0.2) is 23.1 Å². The van der Waals surface area contributed by atoms with E-state index in [4.69, 9.17) is 9.72 Å². The minimum absolute atomic E-state index is 0.508. The van der Waals surface area contributed by atoms with E-state index in [1.165, 1.54) is 34.9 Å². The molecule has 0 bridgehead atoms. The van der Waals surface area contributed by atoms with Gasteiger partial charge in [-0.1, -0.05) is 19.8 Å². The van der Waals surface area contributed by atoms with Gasteiger partial charge in [0.25, 0.3) is 0 Å². The molecule has 1 heterocycles. The van der Waals surface area contributed by atoms with Gasteiger partial charge in [0.05, 0.1) is 9.26 Å². The standard InChI is InChI=1S/C15H24IN3O/c1-3-9-17-15-13(16)14(11-7-5-6-8-11)18-12(19-15)10-20-4-2/h11H,3-10H2,1-2H3,(H,17,18,19). The molecule has 0 aromatic carbocycles. The van der Waals surface area contributed by atoms with Crippen LogP contribution >= 0.6 is 22.6 Å². The fourth-order valence-corrected chi connectivity index (χ4v) is 3.47. The molecule has 4 nitrogen and oxygen atoms in total. The summed E-state index contributed by atoms with van der Waals surface area (Å²) < 4.78 is 6.68. The second-order valence-electron chi connectivity index (χ2n) is 5.23. The molecule has 0 spiro atoms. The zero-order valence-electron chi connectivity index (χ0n) is 12.4. The maximum Gasteiger partial charge on any atom is 0.156 e. The van der Waals surface area contributed by atoms with Gasteiger partial charge in [0, 0.05) is 19.1 Å². The first-order chi connectivity index (χ1) is 9.76. The van der Waals surface area contributed by atoms with E-state index in [1.54, 1.807) is 0 Å². The smallest absolute Gasteiger partial charge is 0.156 e. The predicted molar refractivity (Wildman–Crippen MR) is 90.1 cm³/mol. The third-order valence-electron chi connectivity index (χ3n) is 3.64. The van der Waals surface area contributed by atoms with Crippen LogP contribution in [0.2, 0.25) is 0 Å². The van der Waals surface area contributed by atoms with Gasteiger partial charge >= 0.3 is 0 Å². The quantitative estimate of drug-likeness (QED) is 0.714. The highest BCUT2D eigenvalue weighted by Gasteiger charge is 2.23. The van der Waals surface area contributed by atoms with Gasteiger partial charge in [-0.2, -0.15) is 0 Å². The molecule has 0 atom stereocenters. The number of rotatable bonds is 7. The summed E-state index contributed by atoms with van der Waals surface area (Å²) in [6.45, 7) is 6.33. The lowest BCUT2D eigenvalue weighted by Crippen LogP contribution is -2.13. The fourth-order valence-electron chi connectivity index (χ4n) is 2.60. The van der Waals surface area contributed by atoms with Gasteiger partial charge in [0.2, 0.25) is 0 Å². The minimum Gasteiger partial charge on any atom is -0.374 e. The highest BCUT2D eigenvalue weighted by Crippen LogP contribution is 2.36. The average Bonchev–Trinajstić information content (AvgIpc) is 2.98. The SMILES string of the molecule is CCCNc1nc(COCC)nc(C2CCCC2)c1I. The molecule has 0 aliphatic heterocycles. The van der Waals surface area contributed by atoms with Crippen molar-refractivity contribution in [1.29, 1.82) is 0 Å². The molecule has 1 aliphatic carbocycles. The normalized spacial score (nSPS) is 15.8. The number of hydrogen-bond acceptors (Lipinski definition) is 4. The van der Waals surface area contributed by atoms with Gasteiger partial charge in [0.1, 0.15) is 12.4 Å². The number of ether oxygens (including phenoxy) is 1. The van der Waals surface area contributed by atoms with Crippen molar-refractivity contribution in [1.82, 2.24) is 9.97 Å². The van der Waals surface area contributed by atoms with Crippen molar-refractivity contribution >= 4 is 28.4 Å². The molecular weight excluding hydrogens is 365 g/mol. The third-order valence-corrected chi connectivity index (χ3v) is 4.71. The second kappa shape index (κ2) is 8.12. The Kier molecular flexibility index (Phi) is 6.48. The van der Waals surface area contributed by atoms with E-state index >= 15 is 0 Å². The number of halogens is 1. The first-order valence-electron chi connectivity index (χ1n) is 7.64. The van der Waals surface area contributed by atoms with Crippen molar-refractivity contribution in [2.24, 2.45) is 0 Å². The Hall–Kier alpha value is -0.430.